The average Bonchev–Trinajstić information content (AvgIpc) is 2.24. The van der Waals surface area contributed by atoms with Gasteiger partial charge < -0.3 is 9.80 Å². The third-order valence-corrected chi connectivity index (χ3v) is 2.49. The number of rotatable bonds is 6. The second-order valence-electron chi connectivity index (χ2n) is 4.73. The van der Waals surface area contributed by atoms with Crippen molar-refractivity contribution in [1.82, 2.24) is 14.8 Å². The van der Waals surface area contributed by atoms with Crippen LogP contribution in [0.3, 0.4) is 0 Å². The third kappa shape index (κ3) is 5.24. The Morgan fingerprint density at radius 1 is 0.875 bits per heavy atom. The van der Waals surface area contributed by atoms with Gasteiger partial charge in [0.25, 0.3) is 0 Å². The highest BCUT2D eigenvalue weighted by atomic mass is 15.1. The molecule has 0 amide bonds. The van der Waals surface area contributed by atoms with Crippen molar-refractivity contribution in [2.75, 3.05) is 41.3 Å². The van der Waals surface area contributed by atoms with Crippen LogP contribution in [0.25, 0.3) is 0 Å². The molecule has 0 aromatic carbocycles. The number of hydrogen-bond acceptors (Lipinski definition) is 3. The number of hydrogen-bond donors (Lipinski definition) is 0. The molecule has 16 heavy (non-hydrogen) atoms. The summed E-state index contributed by atoms with van der Waals surface area (Å²) in [6.07, 6.45) is 2.06. The summed E-state index contributed by atoms with van der Waals surface area (Å²) in [6.45, 7) is 2.12. The quantitative estimate of drug-likeness (QED) is 0.721. The minimum absolute atomic E-state index is 1.03. The Morgan fingerprint density at radius 2 is 1.31 bits per heavy atom. The molecule has 0 aliphatic heterocycles. The van der Waals surface area contributed by atoms with E-state index in [4.69, 9.17) is 0 Å². The summed E-state index contributed by atoms with van der Waals surface area (Å²) in [7, 11) is 8.37. The third-order valence-electron chi connectivity index (χ3n) is 2.49. The van der Waals surface area contributed by atoms with Crippen molar-refractivity contribution >= 4 is 0 Å². The molecule has 0 saturated carbocycles. The molecule has 0 saturated heterocycles. The first kappa shape index (κ1) is 13.1. The number of pyridine rings is 1. The van der Waals surface area contributed by atoms with E-state index in [9.17, 15) is 0 Å². The minimum Gasteiger partial charge on any atom is -0.309 e. The molecule has 0 fully saturated rings. The van der Waals surface area contributed by atoms with Gasteiger partial charge in [0.1, 0.15) is 0 Å². The molecule has 0 radical (unpaired) electrons. The molecule has 0 spiro atoms. The highest BCUT2D eigenvalue weighted by Gasteiger charge is 2.00. The van der Waals surface area contributed by atoms with Crippen LogP contribution in [-0.4, -0.2) is 56.1 Å². The van der Waals surface area contributed by atoms with Crippen LogP contribution >= 0.6 is 0 Å². The molecular formula is C13H23N3. The van der Waals surface area contributed by atoms with Crippen molar-refractivity contribution in [3.05, 3.63) is 29.6 Å². The van der Waals surface area contributed by atoms with Crippen LogP contribution in [0.2, 0.25) is 0 Å². The Labute approximate surface area is 99.1 Å². The smallest absolute Gasteiger partial charge is 0.0419 e. The zero-order valence-corrected chi connectivity index (χ0v) is 10.9. The molecule has 0 unspecified atom stereocenters. The number of nitrogens with zero attached hydrogens (tertiary/aromatic N) is 3. The number of aromatic nitrogens is 1. The van der Waals surface area contributed by atoms with E-state index in [-0.39, 0.29) is 0 Å². The van der Waals surface area contributed by atoms with Crippen molar-refractivity contribution in [1.29, 1.82) is 0 Å². The van der Waals surface area contributed by atoms with Gasteiger partial charge in [0.05, 0.1) is 0 Å². The molecule has 1 aromatic heterocycles. The Balaban J connectivity index is 2.50. The molecule has 1 rings (SSSR count). The lowest BCUT2D eigenvalue weighted by molar-refractivity contribution is 0.407. The molecule has 1 aromatic rings. The summed E-state index contributed by atoms with van der Waals surface area (Å²) in [5.41, 5.74) is 2.40. The Morgan fingerprint density at radius 3 is 1.69 bits per heavy atom. The second kappa shape index (κ2) is 6.61. The predicted octanol–water partition coefficient (Wildman–Crippen LogP) is 1.29. The van der Waals surface area contributed by atoms with E-state index in [2.05, 4.69) is 61.2 Å². The predicted molar refractivity (Wildman–Crippen MR) is 68.8 cm³/mol. The summed E-state index contributed by atoms with van der Waals surface area (Å²) in [4.78, 5) is 9.04. The van der Waals surface area contributed by atoms with Gasteiger partial charge in [-0.25, -0.2) is 0 Å². The zero-order chi connectivity index (χ0) is 12.0. The fourth-order valence-corrected chi connectivity index (χ4v) is 1.48. The summed E-state index contributed by atoms with van der Waals surface area (Å²) in [6, 6.07) is 6.34. The maximum atomic E-state index is 4.66. The molecule has 1 heterocycles. The van der Waals surface area contributed by atoms with E-state index in [0.29, 0.717) is 0 Å². The Kier molecular flexibility index (Phi) is 5.43. The van der Waals surface area contributed by atoms with E-state index < -0.39 is 0 Å². The Bertz CT molecular complexity index is 281. The lowest BCUT2D eigenvalue weighted by atomic mass is 10.2. The van der Waals surface area contributed by atoms with E-state index >= 15 is 0 Å². The SMILES string of the molecule is CN(C)CCc1cccc(CCN(C)C)n1. The highest BCUT2D eigenvalue weighted by molar-refractivity contribution is 5.12. The van der Waals surface area contributed by atoms with E-state index in [1.54, 1.807) is 0 Å². The normalized spacial score (nSPS) is 11.4. The van der Waals surface area contributed by atoms with Crippen LogP contribution in [0.5, 0.6) is 0 Å². The van der Waals surface area contributed by atoms with Crippen LogP contribution in [0.15, 0.2) is 18.2 Å². The van der Waals surface area contributed by atoms with Crippen LogP contribution in [0.4, 0.5) is 0 Å². The van der Waals surface area contributed by atoms with Crippen molar-refractivity contribution in [3.8, 4) is 0 Å². The maximum Gasteiger partial charge on any atom is 0.0419 e. The van der Waals surface area contributed by atoms with Crippen LogP contribution in [-0.2, 0) is 12.8 Å². The molecular weight excluding hydrogens is 198 g/mol. The van der Waals surface area contributed by atoms with E-state index in [1.807, 2.05) is 0 Å². The second-order valence-corrected chi connectivity index (χ2v) is 4.73. The maximum absolute atomic E-state index is 4.66. The zero-order valence-electron chi connectivity index (χ0n) is 10.9. The molecule has 0 atom stereocenters. The summed E-state index contributed by atoms with van der Waals surface area (Å²) >= 11 is 0. The van der Waals surface area contributed by atoms with Crippen molar-refractivity contribution in [3.63, 3.8) is 0 Å². The van der Waals surface area contributed by atoms with Gasteiger partial charge in [0.15, 0.2) is 0 Å². The van der Waals surface area contributed by atoms with Gasteiger partial charge in [-0.1, -0.05) is 6.07 Å². The largest absolute Gasteiger partial charge is 0.309 e. The molecule has 0 bridgehead atoms. The minimum atomic E-state index is 1.03. The first-order valence-electron chi connectivity index (χ1n) is 5.82. The molecule has 3 heteroatoms. The summed E-state index contributed by atoms with van der Waals surface area (Å²) < 4.78 is 0. The van der Waals surface area contributed by atoms with Crippen LogP contribution < -0.4 is 0 Å². The first-order valence-corrected chi connectivity index (χ1v) is 5.82. The lowest BCUT2D eigenvalue weighted by Crippen LogP contribution is -2.17. The van der Waals surface area contributed by atoms with Crippen molar-refractivity contribution < 1.29 is 0 Å². The first-order chi connectivity index (χ1) is 7.58. The standard InChI is InChI=1S/C13H23N3/c1-15(2)10-8-12-6-5-7-13(14-12)9-11-16(3)4/h5-7H,8-11H2,1-4H3. The molecule has 3 nitrogen and oxygen atoms in total. The van der Waals surface area contributed by atoms with Gasteiger partial charge in [-0.3, -0.25) is 4.98 Å². The van der Waals surface area contributed by atoms with Gasteiger partial charge in [-0.2, -0.15) is 0 Å². The van der Waals surface area contributed by atoms with Crippen molar-refractivity contribution in [2.24, 2.45) is 0 Å². The fraction of sp³-hybridized carbons (Fsp3) is 0.615. The summed E-state index contributed by atoms with van der Waals surface area (Å²) in [5.74, 6) is 0. The van der Waals surface area contributed by atoms with Gasteiger partial charge in [-0.05, 0) is 40.3 Å². The van der Waals surface area contributed by atoms with E-state index in [1.165, 1.54) is 11.4 Å². The molecule has 0 aliphatic rings. The number of likely N-dealkylation sites (N-methyl/N-ethyl adjacent to an activating group) is 2. The van der Waals surface area contributed by atoms with Gasteiger partial charge >= 0.3 is 0 Å². The monoisotopic (exact) mass is 221 g/mol. The average molecular weight is 221 g/mol. The molecule has 0 N–H and O–H groups in total. The molecule has 90 valence electrons. The Hall–Kier alpha value is -0.930. The fourth-order valence-electron chi connectivity index (χ4n) is 1.48. The highest BCUT2D eigenvalue weighted by Crippen LogP contribution is 2.02. The van der Waals surface area contributed by atoms with Gasteiger partial charge in [0.2, 0.25) is 0 Å². The van der Waals surface area contributed by atoms with Crippen LogP contribution in [0, 0.1) is 0 Å². The van der Waals surface area contributed by atoms with Gasteiger partial charge in [-0.15, -0.1) is 0 Å². The molecule has 0 aliphatic carbocycles. The topological polar surface area (TPSA) is 19.4 Å². The van der Waals surface area contributed by atoms with E-state index in [0.717, 1.165) is 25.9 Å². The van der Waals surface area contributed by atoms with Gasteiger partial charge in [0, 0.05) is 37.3 Å². The van der Waals surface area contributed by atoms with Crippen molar-refractivity contribution in [2.45, 2.75) is 12.8 Å². The van der Waals surface area contributed by atoms with Crippen LogP contribution in [0.1, 0.15) is 11.4 Å². The summed E-state index contributed by atoms with van der Waals surface area (Å²) in [5, 5.41) is 0. The lowest BCUT2D eigenvalue weighted by Gasteiger charge is -2.11.